The first kappa shape index (κ1) is 13.8. The van der Waals surface area contributed by atoms with Gasteiger partial charge < -0.3 is 5.32 Å². The summed E-state index contributed by atoms with van der Waals surface area (Å²) in [4.78, 5) is 11.8. The highest BCUT2D eigenvalue weighted by Crippen LogP contribution is 2.20. The minimum Gasteiger partial charge on any atom is -0.323 e. The van der Waals surface area contributed by atoms with Crippen molar-refractivity contribution in [1.82, 2.24) is 0 Å². The number of halogens is 3. The molecule has 0 saturated heterocycles. The van der Waals surface area contributed by atoms with Gasteiger partial charge in [-0.15, -0.1) is 0 Å². The fraction of sp³-hybridized carbons (Fsp3) is 0.0714. The SMILES string of the molecule is O=C(Cc1ccccc1Cl)Nc1ccc(Cl)cc1F. The molecule has 2 nitrogen and oxygen atoms in total. The van der Waals surface area contributed by atoms with Crippen molar-refractivity contribution >= 4 is 34.8 Å². The lowest BCUT2D eigenvalue weighted by Gasteiger charge is -2.07. The van der Waals surface area contributed by atoms with Gasteiger partial charge in [-0.25, -0.2) is 4.39 Å². The van der Waals surface area contributed by atoms with Crippen molar-refractivity contribution < 1.29 is 9.18 Å². The van der Waals surface area contributed by atoms with E-state index in [1.807, 2.05) is 0 Å². The lowest BCUT2D eigenvalue weighted by Crippen LogP contribution is -2.15. The van der Waals surface area contributed by atoms with Crippen LogP contribution in [0.2, 0.25) is 10.0 Å². The van der Waals surface area contributed by atoms with Crippen LogP contribution in [0, 0.1) is 5.82 Å². The highest BCUT2D eigenvalue weighted by Gasteiger charge is 2.09. The molecule has 98 valence electrons. The van der Waals surface area contributed by atoms with Gasteiger partial charge in [0.05, 0.1) is 12.1 Å². The topological polar surface area (TPSA) is 29.1 Å². The molecule has 0 aliphatic heterocycles. The van der Waals surface area contributed by atoms with Crippen LogP contribution in [0.15, 0.2) is 42.5 Å². The lowest BCUT2D eigenvalue weighted by molar-refractivity contribution is -0.115. The Hall–Kier alpha value is -1.58. The van der Waals surface area contributed by atoms with Crippen molar-refractivity contribution in [2.24, 2.45) is 0 Å². The summed E-state index contributed by atoms with van der Waals surface area (Å²) in [6.45, 7) is 0. The van der Waals surface area contributed by atoms with Gasteiger partial charge in [0.1, 0.15) is 5.82 Å². The van der Waals surface area contributed by atoms with Crippen molar-refractivity contribution in [3.05, 3.63) is 63.9 Å². The molecule has 1 N–H and O–H groups in total. The zero-order valence-corrected chi connectivity index (χ0v) is 11.3. The molecule has 0 fully saturated rings. The molecule has 0 radical (unpaired) electrons. The Morgan fingerprint density at radius 1 is 1.16 bits per heavy atom. The molecule has 0 aliphatic carbocycles. The number of hydrogen-bond acceptors (Lipinski definition) is 1. The molecule has 19 heavy (non-hydrogen) atoms. The average Bonchev–Trinajstić information content (AvgIpc) is 2.36. The summed E-state index contributed by atoms with van der Waals surface area (Å²) < 4.78 is 13.5. The fourth-order valence-electron chi connectivity index (χ4n) is 1.60. The van der Waals surface area contributed by atoms with Gasteiger partial charge >= 0.3 is 0 Å². The Morgan fingerprint density at radius 3 is 2.58 bits per heavy atom. The smallest absolute Gasteiger partial charge is 0.228 e. The molecule has 2 rings (SSSR count). The van der Waals surface area contributed by atoms with Crippen LogP contribution in [-0.4, -0.2) is 5.91 Å². The Morgan fingerprint density at radius 2 is 1.89 bits per heavy atom. The maximum atomic E-state index is 13.5. The van der Waals surface area contributed by atoms with Gasteiger partial charge in [-0.3, -0.25) is 4.79 Å². The van der Waals surface area contributed by atoms with Gasteiger partial charge in [-0.2, -0.15) is 0 Å². The van der Waals surface area contributed by atoms with Crippen LogP contribution in [0.4, 0.5) is 10.1 Å². The second-order valence-corrected chi connectivity index (χ2v) is 4.78. The second-order valence-electron chi connectivity index (χ2n) is 3.94. The maximum absolute atomic E-state index is 13.5. The van der Waals surface area contributed by atoms with Crippen molar-refractivity contribution in [3.63, 3.8) is 0 Å². The average molecular weight is 298 g/mol. The van der Waals surface area contributed by atoms with E-state index in [0.29, 0.717) is 10.6 Å². The van der Waals surface area contributed by atoms with Gasteiger partial charge in [-0.1, -0.05) is 41.4 Å². The van der Waals surface area contributed by atoms with Crippen LogP contribution < -0.4 is 5.32 Å². The van der Waals surface area contributed by atoms with Gasteiger partial charge in [0.25, 0.3) is 0 Å². The zero-order chi connectivity index (χ0) is 13.8. The number of amides is 1. The number of carbonyl (C=O) groups excluding carboxylic acids is 1. The third kappa shape index (κ3) is 3.69. The van der Waals surface area contributed by atoms with E-state index in [1.54, 1.807) is 24.3 Å². The van der Waals surface area contributed by atoms with E-state index in [-0.39, 0.29) is 23.0 Å². The Kier molecular flexibility index (Phi) is 4.40. The standard InChI is InChI=1S/C14H10Cl2FNO/c15-10-5-6-13(12(17)8-10)18-14(19)7-9-3-1-2-4-11(9)16/h1-6,8H,7H2,(H,18,19). The minimum absolute atomic E-state index is 0.0851. The number of carbonyl (C=O) groups is 1. The first-order chi connectivity index (χ1) is 9.06. The third-order valence-electron chi connectivity index (χ3n) is 2.51. The highest BCUT2D eigenvalue weighted by molar-refractivity contribution is 6.31. The van der Waals surface area contributed by atoms with Crippen molar-refractivity contribution in [2.45, 2.75) is 6.42 Å². The molecule has 0 aliphatic rings. The van der Waals surface area contributed by atoms with Gasteiger partial charge in [0.15, 0.2) is 0 Å². The monoisotopic (exact) mass is 297 g/mol. The first-order valence-corrected chi connectivity index (χ1v) is 6.30. The molecule has 5 heteroatoms. The summed E-state index contributed by atoms with van der Waals surface area (Å²) in [5, 5.41) is 3.27. The molecule has 0 saturated carbocycles. The number of benzene rings is 2. The van der Waals surface area contributed by atoms with Gasteiger partial charge in [0, 0.05) is 10.0 Å². The van der Waals surface area contributed by atoms with E-state index >= 15 is 0 Å². The number of rotatable bonds is 3. The summed E-state index contributed by atoms with van der Waals surface area (Å²) in [5.74, 6) is -0.908. The molecule has 2 aromatic carbocycles. The molecule has 1 amide bonds. The van der Waals surface area contributed by atoms with Crippen molar-refractivity contribution in [3.8, 4) is 0 Å². The summed E-state index contributed by atoms with van der Waals surface area (Å²) in [7, 11) is 0. The minimum atomic E-state index is -0.569. The molecular formula is C14H10Cl2FNO. The third-order valence-corrected chi connectivity index (χ3v) is 3.12. The van der Waals surface area contributed by atoms with Crippen LogP contribution in [0.5, 0.6) is 0 Å². The van der Waals surface area contributed by atoms with Crippen molar-refractivity contribution in [2.75, 3.05) is 5.32 Å². The molecular weight excluding hydrogens is 288 g/mol. The Bertz CT molecular complexity index is 616. The maximum Gasteiger partial charge on any atom is 0.228 e. The first-order valence-electron chi connectivity index (χ1n) is 5.54. The second kappa shape index (κ2) is 6.04. The number of nitrogens with one attached hydrogen (secondary N) is 1. The lowest BCUT2D eigenvalue weighted by atomic mass is 10.1. The quantitative estimate of drug-likeness (QED) is 0.898. The summed E-state index contributed by atoms with van der Waals surface area (Å²) >= 11 is 11.6. The van der Waals surface area contributed by atoms with Crippen LogP contribution in [0.3, 0.4) is 0 Å². The van der Waals surface area contributed by atoms with E-state index in [9.17, 15) is 9.18 Å². The van der Waals surface area contributed by atoms with Gasteiger partial charge in [0.2, 0.25) is 5.91 Å². The normalized spacial score (nSPS) is 10.3. The summed E-state index contributed by atoms with van der Waals surface area (Å²) in [6.07, 6.45) is 0.0851. The highest BCUT2D eigenvalue weighted by atomic mass is 35.5. The van der Waals surface area contributed by atoms with E-state index < -0.39 is 5.82 Å². The molecule has 0 unspecified atom stereocenters. The van der Waals surface area contributed by atoms with E-state index in [4.69, 9.17) is 23.2 Å². The van der Waals surface area contributed by atoms with Gasteiger partial charge in [-0.05, 0) is 29.8 Å². The predicted molar refractivity (Wildman–Crippen MR) is 75.2 cm³/mol. The molecule has 0 aromatic heterocycles. The van der Waals surface area contributed by atoms with Crippen LogP contribution in [0.25, 0.3) is 0 Å². The Labute approximate surface area is 120 Å². The van der Waals surface area contributed by atoms with Crippen LogP contribution in [-0.2, 0) is 11.2 Å². The predicted octanol–water partition coefficient (Wildman–Crippen LogP) is 4.31. The summed E-state index contributed by atoms with van der Waals surface area (Å²) in [6, 6.07) is 11.1. The molecule has 0 atom stereocenters. The van der Waals surface area contributed by atoms with E-state index in [2.05, 4.69) is 5.32 Å². The van der Waals surface area contributed by atoms with E-state index in [1.165, 1.54) is 12.1 Å². The molecule has 0 bridgehead atoms. The fourth-order valence-corrected chi connectivity index (χ4v) is 1.96. The molecule has 2 aromatic rings. The molecule has 0 spiro atoms. The summed E-state index contributed by atoms with van der Waals surface area (Å²) in [5.41, 5.74) is 0.789. The Balaban J connectivity index is 2.08. The van der Waals surface area contributed by atoms with Crippen LogP contribution in [0.1, 0.15) is 5.56 Å². The van der Waals surface area contributed by atoms with Crippen molar-refractivity contribution in [1.29, 1.82) is 0 Å². The van der Waals surface area contributed by atoms with Crippen LogP contribution >= 0.6 is 23.2 Å². The van der Waals surface area contributed by atoms with E-state index in [0.717, 1.165) is 6.07 Å². The largest absolute Gasteiger partial charge is 0.323 e. The number of hydrogen-bond donors (Lipinski definition) is 1. The zero-order valence-electron chi connectivity index (χ0n) is 9.79. The number of anilines is 1. The molecule has 0 heterocycles.